The third-order valence-electron chi connectivity index (χ3n) is 3.46. The molecular formula is C14H16N2OS. The van der Waals surface area contributed by atoms with Gasteiger partial charge >= 0.3 is 0 Å². The van der Waals surface area contributed by atoms with Crippen LogP contribution in [0.4, 0.5) is 0 Å². The number of rotatable bonds is 3. The summed E-state index contributed by atoms with van der Waals surface area (Å²) in [7, 11) is 1.70. The zero-order valence-corrected chi connectivity index (χ0v) is 11.2. The van der Waals surface area contributed by atoms with E-state index in [-0.39, 0.29) is 0 Å². The molecule has 3 nitrogen and oxygen atoms in total. The molecule has 1 unspecified atom stereocenters. The van der Waals surface area contributed by atoms with Crippen LogP contribution < -0.4 is 10.5 Å². The lowest BCUT2D eigenvalue weighted by Crippen LogP contribution is -2.09. The Labute approximate surface area is 111 Å². The molecule has 0 aliphatic heterocycles. The molecule has 2 aromatic rings. The largest absolute Gasteiger partial charge is 0.496 e. The maximum Gasteiger partial charge on any atom is 0.129 e. The first-order chi connectivity index (χ1) is 8.83. The van der Waals surface area contributed by atoms with Crippen LogP contribution in [0.15, 0.2) is 24.3 Å². The highest BCUT2D eigenvalue weighted by atomic mass is 32.1. The fourth-order valence-electron chi connectivity index (χ4n) is 2.47. The number of hydrogen-bond donors (Lipinski definition) is 1. The highest BCUT2D eigenvalue weighted by Gasteiger charge is 2.26. The van der Waals surface area contributed by atoms with Crippen molar-refractivity contribution in [1.29, 1.82) is 0 Å². The molecule has 2 N–H and O–H groups in total. The Balaban J connectivity index is 2.04. The minimum atomic E-state index is 0.444. The first-order valence-corrected chi connectivity index (χ1v) is 6.98. The fraction of sp³-hybridized carbons (Fsp3) is 0.357. The van der Waals surface area contributed by atoms with E-state index < -0.39 is 0 Å². The molecule has 0 amide bonds. The van der Waals surface area contributed by atoms with E-state index >= 15 is 0 Å². The molecule has 0 spiro atoms. The average Bonchev–Trinajstić information content (AvgIpc) is 2.98. The summed E-state index contributed by atoms with van der Waals surface area (Å²) in [6, 6.07) is 8.03. The molecule has 18 heavy (non-hydrogen) atoms. The standard InChI is InChI=1S/C14H16N2OS/c1-17-11-5-3-2-4-10(11)14-16-13-9(8-15)6-7-12(13)18-14/h2-5,9H,6-8,15H2,1H3. The second kappa shape index (κ2) is 4.71. The molecule has 1 heterocycles. The predicted octanol–water partition coefficient (Wildman–Crippen LogP) is 2.81. The lowest BCUT2D eigenvalue weighted by atomic mass is 10.1. The molecule has 0 bridgehead atoms. The van der Waals surface area contributed by atoms with Crippen LogP contribution in [0.1, 0.15) is 22.9 Å². The third-order valence-corrected chi connectivity index (χ3v) is 4.62. The van der Waals surface area contributed by atoms with Gasteiger partial charge in [0.1, 0.15) is 10.8 Å². The maximum absolute atomic E-state index is 5.79. The Kier molecular flexibility index (Phi) is 3.06. The fourth-order valence-corrected chi connectivity index (χ4v) is 3.66. The Hall–Kier alpha value is -1.39. The SMILES string of the molecule is COc1ccccc1-c1nc2c(s1)CCC2CN. The maximum atomic E-state index is 5.79. The second-order valence-corrected chi connectivity index (χ2v) is 5.58. The smallest absolute Gasteiger partial charge is 0.129 e. The van der Waals surface area contributed by atoms with Gasteiger partial charge in [-0.15, -0.1) is 11.3 Å². The van der Waals surface area contributed by atoms with Gasteiger partial charge in [0.15, 0.2) is 0 Å². The average molecular weight is 260 g/mol. The van der Waals surface area contributed by atoms with Crippen molar-refractivity contribution in [3.8, 4) is 16.3 Å². The Morgan fingerprint density at radius 2 is 2.28 bits per heavy atom. The third kappa shape index (κ3) is 1.82. The number of hydrogen-bond acceptors (Lipinski definition) is 4. The van der Waals surface area contributed by atoms with Crippen LogP contribution >= 0.6 is 11.3 Å². The molecule has 0 radical (unpaired) electrons. The van der Waals surface area contributed by atoms with Crippen LogP contribution in [-0.4, -0.2) is 18.6 Å². The van der Waals surface area contributed by atoms with Gasteiger partial charge in [-0.05, 0) is 25.0 Å². The minimum absolute atomic E-state index is 0.444. The predicted molar refractivity (Wildman–Crippen MR) is 74.2 cm³/mol. The van der Waals surface area contributed by atoms with Gasteiger partial charge in [-0.3, -0.25) is 0 Å². The van der Waals surface area contributed by atoms with Crippen LogP contribution in [0.3, 0.4) is 0 Å². The van der Waals surface area contributed by atoms with Crippen LogP contribution in [0.2, 0.25) is 0 Å². The number of aryl methyl sites for hydroxylation is 1. The first kappa shape index (κ1) is 11.7. The number of para-hydroxylation sites is 1. The van der Waals surface area contributed by atoms with Crippen molar-refractivity contribution in [3.05, 3.63) is 34.8 Å². The van der Waals surface area contributed by atoms with Gasteiger partial charge in [0.25, 0.3) is 0 Å². The monoisotopic (exact) mass is 260 g/mol. The van der Waals surface area contributed by atoms with Gasteiger partial charge in [0, 0.05) is 17.3 Å². The molecule has 1 atom stereocenters. The van der Waals surface area contributed by atoms with Gasteiger partial charge in [-0.25, -0.2) is 4.98 Å². The van der Waals surface area contributed by atoms with Crippen molar-refractivity contribution >= 4 is 11.3 Å². The number of aromatic nitrogens is 1. The molecule has 0 saturated carbocycles. The van der Waals surface area contributed by atoms with Crippen LogP contribution in [0, 0.1) is 0 Å². The summed E-state index contributed by atoms with van der Waals surface area (Å²) in [5.41, 5.74) is 8.08. The van der Waals surface area contributed by atoms with E-state index in [0.29, 0.717) is 12.5 Å². The summed E-state index contributed by atoms with van der Waals surface area (Å²) in [5.74, 6) is 1.33. The lowest BCUT2D eigenvalue weighted by Gasteiger charge is -2.06. The van der Waals surface area contributed by atoms with E-state index in [0.717, 1.165) is 29.2 Å². The van der Waals surface area contributed by atoms with Gasteiger partial charge in [-0.2, -0.15) is 0 Å². The van der Waals surface area contributed by atoms with E-state index in [1.165, 1.54) is 10.6 Å². The lowest BCUT2D eigenvalue weighted by molar-refractivity contribution is 0.416. The number of benzene rings is 1. The topological polar surface area (TPSA) is 48.1 Å². The molecule has 3 rings (SSSR count). The summed E-state index contributed by atoms with van der Waals surface area (Å²) in [6.45, 7) is 0.697. The van der Waals surface area contributed by atoms with Crippen molar-refractivity contribution in [1.82, 2.24) is 4.98 Å². The summed E-state index contributed by atoms with van der Waals surface area (Å²) in [4.78, 5) is 6.18. The van der Waals surface area contributed by atoms with E-state index in [4.69, 9.17) is 15.5 Å². The van der Waals surface area contributed by atoms with E-state index in [1.54, 1.807) is 18.4 Å². The molecule has 0 fully saturated rings. The van der Waals surface area contributed by atoms with Crippen molar-refractivity contribution in [2.75, 3.05) is 13.7 Å². The van der Waals surface area contributed by atoms with Crippen molar-refractivity contribution in [3.63, 3.8) is 0 Å². The number of thiazole rings is 1. The molecule has 94 valence electrons. The van der Waals surface area contributed by atoms with Crippen molar-refractivity contribution < 1.29 is 4.74 Å². The summed E-state index contributed by atoms with van der Waals surface area (Å²) in [5, 5.41) is 1.05. The number of ether oxygens (including phenoxy) is 1. The number of nitrogens with two attached hydrogens (primary N) is 1. The summed E-state index contributed by atoms with van der Waals surface area (Å²) >= 11 is 1.78. The molecular weight excluding hydrogens is 244 g/mol. The quantitative estimate of drug-likeness (QED) is 0.923. The van der Waals surface area contributed by atoms with Gasteiger partial charge in [0.2, 0.25) is 0 Å². The molecule has 0 saturated heterocycles. The molecule has 4 heteroatoms. The number of methoxy groups -OCH3 is 1. The van der Waals surface area contributed by atoms with Crippen LogP contribution in [0.5, 0.6) is 5.75 Å². The Bertz CT molecular complexity index is 565. The van der Waals surface area contributed by atoms with E-state index in [1.807, 2.05) is 18.2 Å². The normalized spacial score (nSPS) is 17.8. The van der Waals surface area contributed by atoms with E-state index in [9.17, 15) is 0 Å². The van der Waals surface area contributed by atoms with Crippen LogP contribution in [-0.2, 0) is 6.42 Å². The molecule has 1 aliphatic rings. The zero-order valence-electron chi connectivity index (χ0n) is 10.3. The second-order valence-electron chi connectivity index (χ2n) is 4.50. The first-order valence-electron chi connectivity index (χ1n) is 6.16. The highest BCUT2D eigenvalue weighted by molar-refractivity contribution is 7.15. The molecule has 1 aliphatic carbocycles. The number of fused-ring (bicyclic) bond motifs is 1. The minimum Gasteiger partial charge on any atom is -0.496 e. The van der Waals surface area contributed by atoms with Gasteiger partial charge in [-0.1, -0.05) is 12.1 Å². The van der Waals surface area contributed by atoms with Gasteiger partial charge < -0.3 is 10.5 Å². The molecule has 1 aromatic carbocycles. The summed E-state index contributed by atoms with van der Waals surface area (Å²) in [6.07, 6.45) is 2.26. The zero-order chi connectivity index (χ0) is 12.5. The van der Waals surface area contributed by atoms with Crippen LogP contribution in [0.25, 0.3) is 10.6 Å². The highest BCUT2D eigenvalue weighted by Crippen LogP contribution is 2.41. The number of nitrogens with zero attached hydrogens (tertiary/aromatic N) is 1. The summed E-state index contributed by atoms with van der Waals surface area (Å²) < 4.78 is 5.40. The molecule has 1 aromatic heterocycles. The van der Waals surface area contributed by atoms with Crippen molar-refractivity contribution in [2.24, 2.45) is 5.73 Å². The Morgan fingerprint density at radius 1 is 1.44 bits per heavy atom. The van der Waals surface area contributed by atoms with E-state index in [2.05, 4.69) is 6.07 Å². The Morgan fingerprint density at radius 3 is 3.06 bits per heavy atom. The van der Waals surface area contributed by atoms with Gasteiger partial charge in [0.05, 0.1) is 18.4 Å². The van der Waals surface area contributed by atoms with Crippen molar-refractivity contribution in [2.45, 2.75) is 18.8 Å².